The van der Waals surface area contributed by atoms with Gasteiger partial charge in [0.25, 0.3) is 0 Å². The zero-order chi connectivity index (χ0) is 13.4. The van der Waals surface area contributed by atoms with E-state index in [0.717, 1.165) is 6.42 Å². The molecule has 1 amide bonds. The number of benzene rings is 1. The van der Waals surface area contributed by atoms with Crippen molar-refractivity contribution < 1.29 is 18.3 Å². The van der Waals surface area contributed by atoms with Crippen molar-refractivity contribution >= 4 is 6.09 Å². The molecule has 0 unspecified atom stereocenters. The summed E-state index contributed by atoms with van der Waals surface area (Å²) in [5.74, 6) is -1.85. The van der Waals surface area contributed by atoms with Gasteiger partial charge < -0.3 is 10.5 Å². The molecule has 1 aliphatic carbocycles. The molecule has 3 nitrogen and oxygen atoms in total. The van der Waals surface area contributed by atoms with Crippen molar-refractivity contribution in [1.29, 1.82) is 0 Å². The molecule has 0 atom stereocenters. The third-order valence-corrected chi connectivity index (χ3v) is 2.55. The van der Waals surface area contributed by atoms with Gasteiger partial charge in [-0.15, -0.1) is 0 Å². The van der Waals surface area contributed by atoms with E-state index in [4.69, 9.17) is 5.73 Å². The number of primary amides is 1. The second-order valence-electron chi connectivity index (χ2n) is 4.15. The first-order chi connectivity index (χ1) is 8.49. The Morgan fingerprint density at radius 1 is 1.11 bits per heavy atom. The number of amides is 1. The van der Waals surface area contributed by atoms with Gasteiger partial charge >= 0.3 is 6.09 Å². The molecular formula is C13H17F2NO2. The number of nitrogens with two attached hydrogens (primary N) is 1. The van der Waals surface area contributed by atoms with Crippen LogP contribution in [0.1, 0.15) is 32.1 Å². The Morgan fingerprint density at radius 2 is 1.67 bits per heavy atom. The first kappa shape index (κ1) is 14.4. The van der Waals surface area contributed by atoms with Gasteiger partial charge in [-0.05, 0) is 25.0 Å². The average Bonchev–Trinajstić information content (AvgIpc) is 2.30. The second kappa shape index (κ2) is 6.93. The Labute approximate surface area is 105 Å². The summed E-state index contributed by atoms with van der Waals surface area (Å²) in [7, 11) is 0. The number of carbonyl (C=O) groups is 1. The van der Waals surface area contributed by atoms with Crippen molar-refractivity contribution in [1.82, 2.24) is 0 Å². The second-order valence-corrected chi connectivity index (χ2v) is 4.15. The Hall–Kier alpha value is -1.65. The van der Waals surface area contributed by atoms with E-state index >= 15 is 0 Å². The van der Waals surface area contributed by atoms with Gasteiger partial charge in [-0.1, -0.05) is 24.6 Å². The molecular weight excluding hydrogens is 240 g/mol. The molecule has 1 aliphatic rings. The Morgan fingerprint density at radius 3 is 2.06 bits per heavy atom. The standard InChI is InChI=1S/C7H7NO2.C6H10F2/c8-7(9)10-6-4-2-1-3-5-6;7-6(8)4-2-1-3-5-6/h1-5H,(H2,8,9);1-5H2. The summed E-state index contributed by atoms with van der Waals surface area (Å²) in [4.78, 5) is 10.2. The molecule has 18 heavy (non-hydrogen) atoms. The Bertz CT molecular complexity index is 361. The quantitative estimate of drug-likeness (QED) is 0.833. The molecule has 0 bridgehead atoms. The maximum Gasteiger partial charge on any atom is 0.409 e. The first-order valence-corrected chi connectivity index (χ1v) is 5.90. The van der Waals surface area contributed by atoms with Gasteiger partial charge in [-0.3, -0.25) is 0 Å². The maximum atomic E-state index is 12.2. The highest BCUT2D eigenvalue weighted by molar-refractivity contribution is 5.67. The number of hydrogen-bond acceptors (Lipinski definition) is 2. The molecule has 1 aromatic carbocycles. The molecule has 0 radical (unpaired) electrons. The van der Waals surface area contributed by atoms with Crippen LogP contribution in [0.3, 0.4) is 0 Å². The van der Waals surface area contributed by atoms with Gasteiger partial charge in [0, 0.05) is 12.8 Å². The fourth-order valence-electron chi connectivity index (χ4n) is 1.67. The lowest BCUT2D eigenvalue weighted by Crippen LogP contribution is -2.18. The van der Waals surface area contributed by atoms with Gasteiger partial charge in [0.1, 0.15) is 5.75 Å². The van der Waals surface area contributed by atoms with E-state index in [1.165, 1.54) is 0 Å². The SMILES string of the molecule is FC1(F)CCCCC1.NC(=O)Oc1ccccc1. The van der Waals surface area contributed by atoms with E-state index in [-0.39, 0.29) is 12.8 Å². The number of halogens is 2. The van der Waals surface area contributed by atoms with E-state index in [2.05, 4.69) is 4.74 Å². The Balaban J connectivity index is 0.000000184. The lowest BCUT2D eigenvalue weighted by molar-refractivity contribution is -0.0337. The fourth-order valence-corrected chi connectivity index (χ4v) is 1.67. The summed E-state index contributed by atoms with van der Waals surface area (Å²) in [6.07, 6.45) is 1.88. The predicted molar refractivity (Wildman–Crippen MR) is 64.7 cm³/mol. The molecule has 0 saturated heterocycles. The Kier molecular flexibility index (Phi) is 5.55. The lowest BCUT2D eigenvalue weighted by Gasteiger charge is -2.20. The summed E-state index contributed by atoms with van der Waals surface area (Å²) in [5, 5.41) is 0. The number of alkyl halides is 2. The molecule has 0 aromatic heterocycles. The molecule has 0 heterocycles. The largest absolute Gasteiger partial charge is 0.411 e. The topological polar surface area (TPSA) is 52.3 Å². The fraction of sp³-hybridized carbons (Fsp3) is 0.462. The van der Waals surface area contributed by atoms with Gasteiger partial charge in [0.15, 0.2) is 0 Å². The molecule has 1 fully saturated rings. The van der Waals surface area contributed by atoms with Crippen molar-refractivity contribution in [2.75, 3.05) is 0 Å². The van der Waals surface area contributed by atoms with Crippen LogP contribution in [0, 0.1) is 0 Å². The van der Waals surface area contributed by atoms with Gasteiger partial charge in [0.2, 0.25) is 5.92 Å². The van der Waals surface area contributed by atoms with Crippen LogP contribution in [0.4, 0.5) is 13.6 Å². The number of hydrogen-bond donors (Lipinski definition) is 1. The zero-order valence-corrected chi connectivity index (χ0v) is 10.1. The summed E-state index contributed by atoms with van der Waals surface area (Å²) < 4.78 is 29.0. The minimum Gasteiger partial charge on any atom is -0.411 e. The monoisotopic (exact) mass is 257 g/mol. The van der Waals surface area contributed by atoms with Gasteiger partial charge in [0.05, 0.1) is 0 Å². The maximum absolute atomic E-state index is 12.2. The molecule has 1 saturated carbocycles. The van der Waals surface area contributed by atoms with Crippen molar-refractivity contribution in [3.8, 4) is 5.75 Å². The predicted octanol–water partition coefficient (Wildman–Crippen LogP) is 3.73. The van der Waals surface area contributed by atoms with E-state index in [9.17, 15) is 13.6 Å². The van der Waals surface area contributed by atoms with Crippen LogP contribution in [0.2, 0.25) is 0 Å². The lowest BCUT2D eigenvalue weighted by atomic mass is 9.97. The smallest absolute Gasteiger partial charge is 0.409 e. The zero-order valence-electron chi connectivity index (χ0n) is 10.1. The van der Waals surface area contributed by atoms with Gasteiger partial charge in [-0.25, -0.2) is 13.6 Å². The van der Waals surface area contributed by atoms with E-state index < -0.39 is 12.0 Å². The first-order valence-electron chi connectivity index (χ1n) is 5.90. The molecule has 0 aliphatic heterocycles. The third-order valence-electron chi connectivity index (χ3n) is 2.55. The highest BCUT2D eigenvalue weighted by Crippen LogP contribution is 2.32. The average molecular weight is 257 g/mol. The number of ether oxygens (including phenoxy) is 1. The van der Waals surface area contributed by atoms with Crippen LogP contribution in [0.15, 0.2) is 30.3 Å². The van der Waals surface area contributed by atoms with Crippen molar-refractivity contribution in [2.45, 2.75) is 38.0 Å². The van der Waals surface area contributed by atoms with Gasteiger partial charge in [-0.2, -0.15) is 0 Å². The van der Waals surface area contributed by atoms with E-state index in [0.29, 0.717) is 18.6 Å². The molecule has 0 spiro atoms. The number of carbonyl (C=O) groups excluding carboxylic acids is 1. The number of para-hydroxylation sites is 1. The van der Waals surface area contributed by atoms with Crippen LogP contribution < -0.4 is 10.5 Å². The van der Waals surface area contributed by atoms with Crippen molar-refractivity contribution in [3.05, 3.63) is 30.3 Å². The number of rotatable bonds is 1. The van der Waals surface area contributed by atoms with Crippen LogP contribution in [-0.2, 0) is 0 Å². The van der Waals surface area contributed by atoms with Crippen molar-refractivity contribution in [2.24, 2.45) is 5.73 Å². The van der Waals surface area contributed by atoms with Crippen LogP contribution >= 0.6 is 0 Å². The molecule has 2 N–H and O–H groups in total. The highest BCUT2D eigenvalue weighted by Gasteiger charge is 2.30. The van der Waals surface area contributed by atoms with E-state index in [1.807, 2.05) is 6.07 Å². The highest BCUT2D eigenvalue weighted by atomic mass is 19.3. The minimum atomic E-state index is -2.32. The van der Waals surface area contributed by atoms with Crippen LogP contribution in [0.25, 0.3) is 0 Å². The molecule has 2 rings (SSSR count). The summed E-state index contributed by atoms with van der Waals surface area (Å²) >= 11 is 0. The summed E-state index contributed by atoms with van der Waals surface area (Å²) in [6.45, 7) is 0. The molecule has 100 valence electrons. The normalized spacial score (nSPS) is 17.2. The van der Waals surface area contributed by atoms with Crippen LogP contribution in [-0.4, -0.2) is 12.0 Å². The summed E-state index contributed by atoms with van der Waals surface area (Å²) in [5.41, 5.74) is 4.76. The van der Waals surface area contributed by atoms with E-state index in [1.54, 1.807) is 24.3 Å². The summed E-state index contributed by atoms with van der Waals surface area (Å²) in [6, 6.07) is 8.67. The molecule has 5 heteroatoms. The minimum absolute atomic E-state index is 0.118. The van der Waals surface area contributed by atoms with Crippen LogP contribution in [0.5, 0.6) is 5.75 Å². The molecule has 1 aromatic rings. The third kappa shape index (κ3) is 6.18. The van der Waals surface area contributed by atoms with Crippen molar-refractivity contribution in [3.63, 3.8) is 0 Å².